The fourth-order valence-electron chi connectivity index (χ4n) is 2.86. The van der Waals surface area contributed by atoms with Crippen LogP contribution in [0.1, 0.15) is 38.7 Å². The van der Waals surface area contributed by atoms with Crippen LogP contribution in [0.3, 0.4) is 0 Å². The van der Waals surface area contributed by atoms with Crippen LogP contribution in [0, 0.1) is 5.92 Å². The Morgan fingerprint density at radius 3 is 2.43 bits per heavy atom. The van der Waals surface area contributed by atoms with Gasteiger partial charge in [-0.3, -0.25) is 4.90 Å². The zero-order valence-electron chi connectivity index (χ0n) is 13.4. The molecule has 118 valence electrons. The van der Waals surface area contributed by atoms with Crippen LogP contribution in [0.25, 0.3) is 0 Å². The maximum absolute atomic E-state index is 11.2. The van der Waals surface area contributed by atoms with Crippen molar-refractivity contribution in [3.05, 3.63) is 35.9 Å². The van der Waals surface area contributed by atoms with Gasteiger partial charge in [0.2, 0.25) is 0 Å². The van der Waals surface area contributed by atoms with Gasteiger partial charge in [-0.05, 0) is 30.7 Å². The molecule has 1 unspecified atom stereocenters. The van der Waals surface area contributed by atoms with E-state index in [0.29, 0.717) is 5.92 Å². The molecule has 0 amide bonds. The highest BCUT2D eigenvalue weighted by Gasteiger charge is 2.29. The van der Waals surface area contributed by atoms with Crippen molar-refractivity contribution in [1.29, 1.82) is 0 Å². The van der Waals surface area contributed by atoms with Crippen LogP contribution in [0.2, 0.25) is 0 Å². The van der Waals surface area contributed by atoms with Crippen LogP contribution in [0.15, 0.2) is 30.3 Å². The van der Waals surface area contributed by atoms with Crippen LogP contribution >= 0.6 is 0 Å². The van der Waals surface area contributed by atoms with E-state index in [1.54, 1.807) is 0 Å². The van der Waals surface area contributed by atoms with Gasteiger partial charge in [-0.1, -0.05) is 44.2 Å². The lowest BCUT2D eigenvalue weighted by molar-refractivity contribution is -0.0128. The molecular weight excluding hydrogens is 262 g/mol. The number of morpholine rings is 1. The SMILES string of the molecule is CC(C)CCC(O)(CCN1CCOCC1)c1ccccc1. The predicted molar refractivity (Wildman–Crippen MR) is 86.3 cm³/mol. The van der Waals surface area contributed by atoms with E-state index in [4.69, 9.17) is 4.74 Å². The fourth-order valence-corrected chi connectivity index (χ4v) is 2.86. The lowest BCUT2D eigenvalue weighted by Gasteiger charge is -2.34. The Bertz CT molecular complexity index is 401. The van der Waals surface area contributed by atoms with E-state index >= 15 is 0 Å². The smallest absolute Gasteiger partial charge is 0.0908 e. The third kappa shape index (κ3) is 5.10. The molecule has 1 aliphatic heterocycles. The number of ether oxygens (including phenoxy) is 1. The third-order valence-corrected chi connectivity index (χ3v) is 4.39. The molecule has 0 spiro atoms. The summed E-state index contributed by atoms with van der Waals surface area (Å²) in [7, 11) is 0. The molecule has 0 radical (unpaired) electrons. The molecule has 2 rings (SSSR count). The third-order valence-electron chi connectivity index (χ3n) is 4.39. The minimum atomic E-state index is -0.705. The summed E-state index contributed by atoms with van der Waals surface area (Å²) in [5.74, 6) is 0.614. The molecule has 21 heavy (non-hydrogen) atoms. The van der Waals surface area contributed by atoms with Gasteiger partial charge in [-0.2, -0.15) is 0 Å². The second-order valence-electron chi connectivity index (χ2n) is 6.53. The first-order chi connectivity index (χ1) is 10.1. The molecule has 1 N–H and O–H groups in total. The quantitative estimate of drug-likeness (QED) is 0.838. The zero-order chi connectivity index (χ0) is 15.1. The number of rotatable bonds is 7. The zero-order valence-corrected chi connectivity index (χ0v) is 13.4. The summed E-state index contributed by atoms with van der Waals surface area (Å²) in [6, 6.07) is 10.2. The standard InChI is InChI=1S/C18H29NO2/c1-16(2)8-9-18(20,17-6-4-3-5-7-17)10-11-19-12-14-21-15-13-19/h3-7,16,20H,8-15H2,1-2H3. The van der Waals surface area contributed by atoms with Crippen LogP contribution < -0.4 is 0 Å². The summed E-state index contributed by atoms with van der Waals surface area (Å²) in [4.78, 5) is 2.40. The van der Waals surface area contributed by atoms with E-state index in [0.717, 1.165) is 57.7 Å². The average Bonchev–Trinajstić information content (AvgIpc) is 2.53. The number of benzene rings is 1. The summed E-state index contributed by atoms with van der Waals surface area (Å²) in [6.45, 7) is 8.96. The molecule has 1 atom stereocenters. The van der Waals surface area contributed by atoms with E-state index in [1.807, 2.05) is 18.2 Å². The van der Waals surface area contributed by atoms with Crippen molar-refractivity contribution < 1.29 is 9.84 Å². The summed E-state index contributed by atoms with van der Waals surface area (Å²) in [6.07, 6.45) is 2.68. The first-order valence-corrected chi connectivity index (χ1v) is 8.18. The summed E-state index contributed by atoms with van der Waals surface area (Å²) in [5, 5.41) is 11.2. The number of aliphatic hydroxyl groups is 1. The number of hydrogen-bond donors (Lipinski definition) is 1. The minimum Gasteiger partial charge on any atom is -0.385 e. The first kappa shape index (κ1) is 16.5. The Hall–Kier alpha value is -0.900. The van der Waals surface area contributed by atoms with Crippen molar-refractivity contribution in [1.82, 2.24) is 4.90 Å². The monoisotopic (exact) mass is 291 g/mol. The van der Waals surface area contributed by atoms with Crippen molar-refractivity contribution >= 4 is 0 Å². The van der Waals surface area contributed by atoms with Crippen LogP contribution in [0.5, 0.6) is 0 Å². The highest BCUT2D eigenvalue weighted by Crippen LogP contribution is 2.32. The van der Waals surface area contributed by atoms with E-state index < -0.39 is 5.60 Å². The first-order valence-electron chi connectivity index (χ1n) is 8.18. The van der Waals surface area contributed by atoms with Gasteiger partial charge in [0.1, 0.15) is 0 Å². The van der Waals surface area contributed by atoms with Gasteiger partial charge in [0.15, 0.2) is 0 Å². The summed E-state index contributed by atoms with van der Waals surface area (Å²) >= 11 is 0. The number of hydrogen-bond acceptors (Lipinski definition) is 3. The van der Waals surface area contributed by atoms with Crippen LogP contribution in [-0.2, 0) is 10.3 Å². The molecule has 0 saturated carbocycles. The molecule has 0 aromatic heterocycles. The summed E-state index contributed by atoms with van der Waals surface area (Å²) in [5.41, 5.74) is 0.350. The van der Waals surface area contributed by atoms with Gasteiger partial charge < -0.3 is 9.84 Å². The predicted octanol–water partition coefficient (Wildman–Crippen LogP) is 3.03. The van der Waals surface area contributed by atoms with Gasteiger partial charge in [0.25, 0.3) is 0 Å². The van der Waals surface area contributed by atoms with Gasteiger partial charge in [0.05, 0.1) is 18.8 Å². The van der Waals surface area contributed by atoms with E-state index in [9.17, 15) is 5.11 Å². The molecule has 1 aliphatic rings. The molecule has 0 bridgehead atoms. The Morgan fingerprint density at radius 2 is 1.81 bits per heavy atom. The maximum Gasteiger partial charge on any atom is 0.0908 e. The molecule has 1 fully saturated rings. The topological polar surface area (TPSA) is 32.7 Å². The van der Waals surface area contributed by atoms with Crippen LogP contribution in [0.4, 0.5) is 0 Å². The fraction of sp³-hybridized carbons (Fsp3) is 0.667. The van der Waals surface area contributed by atoms with Crippen molar-refractivity contribution in [2.75, 3.05) is 32.8 Å². The van der Waals surface area contributed by atoms with Gasteiger partial charge in [0, 0.05) is 19.6 Å². The van der Waals surface area contributed by atoms with Gasteiger partial charge in [-0.15, -0.1) is 0 Å². The number of nitrogens with zero attached hydrogens (tertiary/aromatic N) is 1. The molecule has 1 aromatic carbocycles. The average molecular weight is 291 g/mol. The normalized spacial score (nSPS) is 19.6. The molecule has 0 aliphatic carbocycles. The molecule has 3 nitrogen and oxygen atoms in total. The molecule has 1 aromatic rings. The highest BCUT2D eigenvalue weighted by molar-refractivity contribution is 5.22. The minimum absolute atomic E-state index is 0.614. The molecular formula is C18H29NO2. The lowest BCUT2D eigenvalue weighted by Crippen LogP contribution is -2.40. The second kappa shape index (κ2) is 7.92. The van der Waals surface area contributed by atoms with Crippen LogP contribution in [-0.4, -0.2) is 42.9 Å². The Balaban J connectivity index is 2.00. The highest BCUT2D eigenvalue weighted by atomic mass is 16.5. The second-order valence-corrected chi connectivity index (χ2v) is 6.53. The van der Waals surface area contributed by atoms with E-state index in [2.05, 4.69) is 30.9 Å². The Labute approximate surface area is 128 Å². The molecule has 1 saturated heterocycles. The van der Waals surface area contributed by atoms with Crippen molar-refractivity contribution in [2.24, 2.45) is 5.92 Å². The van der Waals surface area contributed by atoms with E-state index in [1.165, 1.54) is 0 Å². The lowest BCUT2D eigenvalue weighted by atomic mass is 9.84. The van der Waals surface area contributed by atoms with E-state index in [-0.39, 0.29) is 0 Å². The van der Waals surface area contributed by atoms with Gasteiger partial charge in [-0.25, -0.2) is 0 Å². The Morgan fingerprint density at radius 1 is 1.14 bits per heavy atom. The van der Waals surface area contributed by atoms with Crippen molar-refractivity contribution in [2.45, 2.75) is 38.7 Å². The van der Waals surface area contributed by atoms with Crippen molar-refractivity contribution in [3.63, 3.8) is 0 Å². The maximum atomic E-state index is 11.2. The molecule has 1 heterocycles. The van der Waals surface area contributed by atoms with Crippen molar-refractivity contribution in [3.8, 4) is 0 Å². The molecule has 3 heteroatoms. The summed E-state index contributed by atoms with van der Waals surface area (Å²) < 4.78 is 5.39. The Kier molecular flexibility index (Phi) is 6.22. The van der Waals surface area contributed by atoms with Gasteiger partial charge >= 0.3 is 0 Å². The largest absolute Gasteiger partial charge is 0.385 e.